The average molecular weight is 502 g/mol. The highest BCUT2D eigenvalue weighted by Crippen LogP contribution is 2.27. The zero-order chi connectivity index (χ0) is 23.6. The van der Waals surface area contributed by atoms with Crippen LogP contribution in [0.15, 0.2) is 76.6 Å². The maximum atomic E-state index is 12.7. The van der Waals surface area contributed by atoms with Crippen LogP contribution >= 0.6 is 22.9 Å². The van der Waals surface area contributed by atoms with Crippen LogP contribution in [0.2, 0.25) is 5.02 Å². The summed E-state index contributed by atoms with van der Waals surface area (Å²) in [6.45, 7) is 2.45. The first-order valence-corrected chi connectivity index (χ1v) is 12.6. The van der Waals surface area contributed by atoms with Crippen molar-refractivity contribution in [2.75, 3.05) is 11.3 Å². The summed E-state index contributed by atoms with van der Waals surface area (Å²) < 4.78 is 36.0. The minimum Gasteiger partial charge on any atom is -0.492 e. The van der Waals surface area contributed by atoms with Crippen molar-refractivity contribution in [1.29, 1.82) is 0 Å². The van der Waals surface area contributed by atoms with Gasteiger partial charge in [-0.25, -0.2) is 8.42 Å². The lowest BCUT2D eigenvalue weighted by Gasteiger charge is -2.08. The second kappa shape index (κ2) is 9.38. The molecule has 33 heavy (non-hydrogen) atoms. The standard InChI is InChI=1S/C23H20ClN3O4S2/c1-3-31-19-5-4-6-20-21(19)27(2)23(32-20)25-22(28)15-7-11-17(12-8-15)26-33(29,30)18-13-9-16(24)10-14-18/h4-14,26H,3H2,1-2H3. The van der Waals surface area contributed by atoms with Crippen molar-refractivity contribution in [3.05, 3.63) is 82.1 Å². The Bertz CT molecular complexity index is 1490. The number of anilines is 1. The third kappa shape index (κ3) is 4.95. The molecule has 0 unspecified atom stereocenters. The van der Waals surface area contributed by atoms with E-state index < -0.39 is 15.9 Å². The van der Waals surface area contributed by atoms with Gasteiger partial charge in [-0.1, -0.05) is 29.0 Å². The molecule has 1 N–H and O–H groups in total. The molecule has 0 aliphatic heterocycles. The first-order valence-electron chi connectivity index (χ1n) is 9.97. The minimum absolute atomic E-state index is 0.0886. The summed E-state index contributed by atoms with van der Waals surface area (Å²) in [6, 6.07) is 17.7. The summed E-state index contributed by atoms with van der Waals surface area (Å²) in [5.41, 5.74) is 1.55. The zero-order valence-electron chi connectivity index (χ0n) is 17.8. The molecule has 0 bridgehead atoms. The Morgan fingerprint density at radius 3 is 2.45 bits per heavy atom. The number of hydrogen-bond donors (Lipinski definition) is 1. The van der Waals surface area contributed by atoms with Crippen molar-refractivity contribution in [3.63, 3.8) is 0 Å². The number of halogens is 1. The number of hydrogen-bond acceptors (Lipinski definition) is 5. The fraction of sp³-hybridized carbons (Fsp3) is 0.130. The number of amides is 1. The number of aryl methyl sites for hydroxylation is 1. The molecule has 1 heterocycles. The molecule has 3 aromatic carbocycles. The first kappa shape index (κ1) is 23.0. The van der Waals surface area contributed by atoms with Crippen LogP contribution in [0.3, 0.4) is 0 Å². The first-order chi connectivity index (χ1) is 15.8. The van der Waals surface area contributed by atoms with E-state index in [1.54, 1.807) is 0 Å². The molecule has 7 nitrogen and oxygen atoms in total. The number of aromatic nitrogens is 1. The Balaban J connectivity index is 1.58. The van der Waals surface area contributed by atoms with Crippen LogP contribution < -0.4 is 14.3 Å². The fourth-order valence-electron chi connectivity index (χ4n) is 3.21. The highest BCUT2D eigenvalue weighted by atomic mass is 35.5. The van der Waals surface area contributed by atoms with E-state index in [9.17, 15) is 13.2 Å². The largest absolute Gasteiger partial charge is 0.492 e. The molecule has 1 amide bonds. The third-order valence-electron chi connectivity index (χ3n) is 4.79. The van der Waals surface area contributed by atoms with Gasteiger partial charge in [0.25, 0.3) is 15.9 Å². The van der Waals surface area contributed by atoms with Gasteiger partial charge in [0.15, 0.2) is 4.80 Å². The molecule has 0 fully saturated rings. The van der Waals surface area contributed by atoms with E-state index in [1.807, 2.05) is 36.7 Å². The summed E-state index contributed by atoms with van der Waals surface area (Å²) in [4.78, 5) is 17.6. The number of carbonyl (C=O) groups is 1. The number of fused-ring (bicyclic) bond motifs is 1. The molecule has 1 aromatic heterocycles. The van der Waals surface area contributed by atoms with Gasteiger partial charge in [0.1, 0.15) is 11.3 Å². The summed E-state index contributed by atoms with van der Waals surface area (Å²) in [5, 5.41) is 0.446. The van der Waals surface area contributed by atoms with Gasteiger partial charge >= 0.3 is 0 Å². The predicted molar refractivity (Wildman–Crippen MR) is 131 cm³/mol. The number of nitrogens with one attached hydrogen (secondary N) is 1. The number of benzene rings is 3. The van der Waals surface area contributed by atoms with Crippen LogP contribution in [-0.4, -0.2) is 25.5 Å². The molecule has 0 radical (unpaired) electrons. The summed E-state index contributed by atoms with van der Waals surface area (Å²) >= 11 is 7.21. The molecular formula is C23H20ClN3O4S2. The van der Waals surface area contributed by atoms with Crippen molar-refractivity contribution in [2.24, 2.45) is 12.0 Å². The summed E-state index contributed by atoms with van der Waals surface area (Å²) in [5.74, 6) is 0.308. The normalized spacial score (nSPS) is 12.2. The van der Waals surface area contributed by atoms with Crippen molar-refractivity contribution in [3.8, 4) is 5.75 Å². The van der Waals surface area contributed by atoms with Crippen molar-refractivity contribution in [1.82, 2.24) is 4.57 Å². The quantitative estimate of drug-likeness (QED) is 0.409. The second-order valence-electron chi connectivity index (χ2n) is 7.03. The van der Waals surface area contributed by atoms with Crippen LogP contribution in [0.25, 0.3) is 10.2 Å². The van der Waals surface area contributed by atoms with Crippen LogP contribution in [-0.2, 0) is 17.1 Å². The van der Waals surface area contributed by atoms with E-state index in [4.69, 9.17) is 16.3 Å². The summed E-state index contributed by atoms with van der Waals surface area (Å²) in [7, 11) is -1.94. The van der Waals surface area contributed by atoms with Gasteiger partial charge < -0.3 is 9.30 Å². The van der Waals surface area contributed by atoms with Gasteiger partial charge in [0.05, 0.1) is 16.2 Å². The maximum absolute atomic E-state index is 12.7. The highest BCUT2D eigenvalue weighted by Gasteiger charge is 2.15. The number of thiazole rings is 1. The fourth-order valence-corrected chi connectivity index (χ4v) is 5.43. The third-order valence-corrected chi connectivity index (χ3v) is 7.54. The average Bonchev–Trinajstić information content (AvgIpc) is 3.10. The molecule has 0 saturated heterocycles. The van der Waals surface area contributed by atoms with Gasteiger partial charge in [-0.05, 0) is 67.6 Å². The van der Waals surface area contributed by atoms with Crippen molar-refractivity contribution >= 4 is 54.8 Å². The molecule has 0 spiro atoms. The topological polar surface area (TPSA) is 89.8 Å². The molecule has 4 aromatic rings. The number of para-hydroxylation sites is 1. The molecule has 0 aliphatic rings. The Kier molecular flexibility index (Phi) is 6.55. The highest BCUT2D eigenvalue weighted by molar-refractivity contribution is 7.92. The maximum Gasteiger partial charge on any atom is 0.279 e. The molecule has 10 heteroatoms. The molecular weight excluding hydrogens is 482 g/mol. The Morgan fingerprint density at radius 1 is 1.09 bits per heavy atom. The summed E-state index contributed by atoms with van der Waals surface area (Å²) in [6.07, 6.45) is 0. The minimum atomic E-state index is -3.77. The van der Waals surface area contributed by atoms with Gasteiger partial charge in [0, 0.05) is 23.3 Å². The van der Waals surface area contributed by atoms with Crippen molar-refractivity contribution in [2.45, 2.75) is 11.8 Å². The second-order valence-corrected chi connectivity index (χ2v) is 10.2. The molecule has 170 valence electrons. The number of carbonyl (C=O) groups excluding carboxylic acids is 1. The zero-order valence-corrected chi connectivity index (χ0v) is 20.2. The van der Waals surface area contributed by atoms with Crippen LogP contribution in [0.1, 0.15) is 17.3 Å². The Labute approximate surface area is 200 Å². The number of rotatable bonds is 6. The smallest absolute Gasteiger partial charge is 0.279 e. The van der Waals surface area contributed by atoms with E-state index >= 15 is 0 Å². The van der Waals surface area contributed by atoms with E-state index in [0.717, 1.165) is 16.0 Å². The number of ether oxygens (including phenoxy) is 1. The predicted octanol–water partition coefficient (Wildman–Crippen LogP) is 4.83. The molecule has 0 saturated carbocycles. The van der Waals surface area contributed by atoms with Crippen molar-refractivity contribution < 1.29 is 17.9 Å². The van der Waals surface area contributed by atoms with Gasteiger partial charge in [-0.3, -0.25) is 9.52 Å². The van der Waals surface area contributed by atoms with E-state index in [2.05, 4.69) is 9.71 Å². The van der Waals surface area contributed by atoms with Gasteiger partial charge in [-0.2, -0.15) is 4.99 Å². The van der Waals surface area contributed by atoms with E-state index in [-0.39, 0.29) is 4.90 Å². The van der Waals surface area contributed by atoms with Crippen LogP contribution in [0.5, 0.6) is 5.75 Å². The van der Waals surface area contributed by atoms with E-state index in [1.165, 1.54) is 59.9 Å². The lowest BCUT2D eigenvalue weighted by atomic mass is 10.2. The Hall–Kier alpha value is -3.14. The van der Waals surface area contributed by atoms with Crippen LogP contribution in [0.4, 0.5) is 5.69 Å². The molecule has 4 rings (SSSR count). The molecule has 0 aliphatic carbocycles. The lowest BCUT2D eigenvalue weighted by molar-refractivity contribution is 0.0998. The van der Waals surface area contributed by atoms with Gasteiger partial charge in [-0.15, -0.1) is 0 Å². The Morgan fingerprint density at radius 2 is 1.79 bits per heavy atom. The number of sulfonamides is 1. The SMILES string of the molecule is CCOc1cccc2sc(=NC(=O)c3ccc(NS(=O)(=O)c4ccc(Cl)cc4)cc3)n(C)c12. The van der Waals surface area contributed by atoms with Crippen LogP contribution in [0, 0.1) is 0 Å². The molecule has 0 atom stereocenters. The van der Waals surface area contributed by atoms with E-state index in [0.29, 0.717) is 27.7 Å². The van der Waals surface area contributed by atoms with Gasteiger partial charge in [0.2, 0.25) is 0 Å². The number of nitrogens with zero attached hydrogens (tertiary/aromatic N) is 2. The monoisotopic (exact) mass is 501 g/mol. The lowest BCUT2D eigenvalue weighted by Crippen LogP contribution is -2.14.